The molecule has 102 valence electrons. The first-order chi connectivity index (χ1) is 8.81. The average molecular weight is 284 g/mol. The Kier molecular flexibility index (Phi) is 4.88. The first kappa shape index (κ1) is 15.0. The van der Waals surface area contributed by atoms with Gasteiger partial charge in [0.25, 0.3) is 5.91 Å². The van der Waals surface area contributed by atoms with Gasteiger partial charge in [-0.1, -0.05) is 6.07 Å². The number of carbonyl (C=O) groups excluding carboxylic acids is 3. The summed E-state index contributed by atoms with van der Waals surface area (Å²) in [4.78, 5) is 33.7. The summed E-state index contributed by atoms with van der Waals surface area (Å²) in [6, 6.07) is 3.67. The van der Waals surface area contributed by atoms with Crippen LogP contribution >= 0.6 is 11.6 Å². The highest BCUT2D eigenvalue weighted by Crippen LogP contribution is 2.17. The van der Waals surface area contributed by atoms with Crippen molar-refractivity contribution in [2.75, 3.05) is 5.32 Å². The first-order valence-electron chi connectivity index (χ1n) is 5.47. The Morgan fingerprint density at radius 2 is 1.95 bits per heavy atom. The van der Waals surface area contributed by atoms with E-state index in [0.29, 0.717) is 5.69 Å². The van der Waals surface area contributed by atoms with E-state index in [2.05, 4.69) is 5.32 Å². The van der Waals surface area contributed by atoms with Crippen LogP contribution in [-0.4, -0.2) is 23.2 Å². The third kappa shape index (κ3) is 4.26. The predicted octanol–water partition coefficient (Wildman–Crippen LogP) is 1.37. The fourth-order valence-corrected chi connectivity index (χ4v) is 1.37. The Balaban J connectivity index is 2.97. The number of carbonyl (C=O) groups is 3. The van der Waals surface area contributed by atoms with E-state index < -0.39 is 17.3 Å². The zero-order valence-corrected chi connectivity index (χ0v) is 11.2. The number of urea groups is 1. The van der Waals surface area contributed by atoms with E-state index in [-0.39, 0.29) is 11.5 Å². The summed E-state index contributed by atoms with van der Waals surface area (Å²) in [7, 11) is 0. The number of anilines is 1. The van der Waals surface area contributed by atoms with Crippen molar-refractivity contribution in [1.82, 2.24) is 5.32 Å². The topological polar surface area (TPSA) is 101 Å². The highest BCUT2D eigenvalue weighted by atomic mass is 35.5. The molecule has 0 aliphatic rings. The molecule has 0 unspecified atom stereocenters. The number of nitrogens with one attached hydrogen (secondary N) is 2. The minimum Gasteiger partial charge on any atom is -0.351 e. The standard InChI is InChI=1S/C12H14ClN3O3/c1-6-3-4-8(11(18)16-12(14)19)5-9(6)15-10(17)7(2)13/h3-5,7H,1-2H3,(H,15,17)(H3,14,16,18,19)/t7-/m0/s1. The molecule has 0 aliphatic heterocycles. The number of alkyl halides is 1. The summed E-state index contributed by atoms with van der Waals surface area (Å²) in [5.74, 6) is -1.01. The highest BCUT2D eigenvalue weighted by Gasteiger charge is 2.13. The van der Waals surface area contributed by atoms with E-state index in [9.17, 15) is 14.4 Å². The zero-order chi connectivity index (χ0) is 14.6. The summed E-state index contributed by atoms with van der Waals surface area (Å²) in [5.41, 5.74) is 6.29. The maximum absolute atomic E-state index is 11.6. The van der Waals surface area contributed by atoms with E-state index >= 15 is 0 Å². The molecule has 0 radical (unpaired) electrons. The molecule has 7 heteroatoms. The van der Waals surface area contributed by atoms with E-state index in [1.54, 1.807) is 13.0 Å². The fraction of sp³-hybridized carbons (Fsp3) is 0.250. The third-order valence-electron chi connectivity index (χ3n) is 2.36. The Bertz CT molecular complexity index is 529. The molecule has 19 heavy (non-hydrogen) atoms. The quantitative estimate of drug-likeness (QED) is 0.730. The van der Waals surface area contributed by atoms with Gasteiger partial charge in [0, 0.05) is 11.3 Å². The van der Waals surface area contributed by atoms with Gasteiger partial charge in [-0.25, -0.2) is 4.79 Å². The van der Waals surface area contributed by atoms with Crippen LogP contribution in [0.2, 0.25) is 0 Å². The van der Waals surface area contributed by atoms with Crippen LogP contribution in [0.3, 0.4) is 0 Å². The molecule has 1 rings (SSSR count). The number of hydrogen-bond donors (Lipinski definition) is 3. The number of benzene rings is 1. The number of rotatable bonds is 3. The number of primary amides is 1. The van der Waals surface area contributed by atoms with E-state index in [4.69, 9.17) is 17.3 Å². The zero-order valence-electron chi connectivity index (χ0n) is 10.5. The molecule has 1 aromatic carbocycles. The maximum atomic E-state index is 11.6. The van der Waals surface area contributed by atoms with Gasteiger partial charge >= 0.3 is 6.03 Å². The Hall–Kier alpha value is -2.08. The van der Waals surface area contributed by atoms with E-state index in [1.807, 2.05) is 5.32 Å². The van der Waals surface area contributed by atoms with Gasteiger partial charge in [-0.2, -0.15) is 0 Å². The summed E-state index contributed by atoms with van der Waals surface area (Å²) in [5, 5.41) is 3.84. The normalized spacial score (nSPS) is 11.5. The van der Waals surface area contributed by atoms with Crippen LogP contribution in [0, 0.1) is 6.92 Å². The van der Waals surface area contributed by atoms with E-state index in [1.165, 1.54) is 19.1 Å². The van der Waals surface area contributed by atoms with Gasteiger partial charge in [0.05, 0.1) is 0 Å². The van der Waals surface area contributed by atoms with Crippen LogP contribution in [0.5, 0.6) is 0 Å². The molecule has 6 nitrogen and oxygen atoms in total. The molecule has 0 saturated carbocycles. The van der Waals surface area contributed by atoms with Gasteiger partial charge in [0.2, 0.25) is 5.91 Å². The van der Waals surface area contributed by atoms with Crippen molar-refractivity contribution in [3.8, 4) is 0 Å². The molecule has 1 aromatic rings. The van der Waals surface area contributed by atoms with E-state index in [0.717, 1.165) is 5.56 Å². The predicted molar refractivity (Wildman–Crippen MR) is 72.2 cm³/mol. The SMILES string of the molecule is Cc1ccc(C(=O)NC(N)=O)cc1NC(=O)[C@H](C)Cl. The van der Waals surface area contributed by atoms with Gasteiger partial charge in [0.1, 0.15) is 5.38 Å². The highest BCUT2D eigenvalue weighted by molar-refractivity contribution is 6.32. The third-order valence-corrected chi connectivity index (χ3v) is 2.55. The van der Waals surface area contributed by atoms with Crippen molar-refractivity contribution < 1.29 is 14.4 Å². The lowest BCUT2D eigenvalue weighted by atomic mass is 10.1. The number of hydrogen-bond acceptors (Lipinski definition) is 3. The number of nitrogens with two attached hydrogens (primary N) is 1. The van der Waals surface area contributed by atoms with Crippen molar-refractivity contribution >= 4 is 35.1 Å². The molecule has 0 aliphatic carbocycles. The van der Waals surface area contributed by atoms with Crippen molar-refractivity contribution in [2.45, 2.75) is 19.2 Å². The molecule has 0 fully saturated rings. The average Bonchev–Trinajstić information content (AvgIpc) is 2.30. The monoisotopic (exact) mass is 283 g/mol. The molecule has 0 saturated heterocycles. The molecule has 0 heterocycles. The smallest absolute Gasteiger partial charge is 0.319 e. The fourth-order valence-electron chi connectivity index (χ4n) is 1.31. The van der Waals surface area contributed by atoms with Gasteiger partial charge in [-0.3, -0.25) is 14.9 Å². The summed E-state index contributed by atoms with van der Waals surface area (Å²) < 4.78 is 0. The molecule has 0 bridgehead atoms. The van der Waals surface area contributed by atoms with Crippen LogP contribution < -0.4 is 16.4 Å². The molecular formula is C12H14ClN3O3. The Morgan fingerprint density at radius 3 is 2.47 bits per heavy atom. The van der Waals surface area contributed by atoms with Crippen molar-refractivity contribution in [3.05, 3.63) is 29.3 Å². The van der Waals surface area contributed by atoms with Gasteiger partial charge in [-0.05, 0) is 31.5 Å². The molecule has 0 aromatic heterocycles. The molecule has 0 spiro atoms. The van der Waals surface area contributed by atoms with Crippen LogP contribution in [-0.2, 0) is 4.79 Å². The molecule has 1 atom stereocenters. The second-order valence-corrected chi connectivity index (χ2v) is 4.61. The Labute approximate surface area is 115 Å². The van der Waals surface area contributed by atoms with Crippen LogP contribution in [0.15, 0.2) is 18.2 Å². The number of amides is 4. The summed E-state index contributed by atoms with van der Waals surface area (Å²) in [6.45, 7) is 3.31. The van der Waals surface area contributed by atoms with Crippen LogP contribution in [0.1, 0.15) is 22.8 Å². The summed E-state index contributed by atoms with van der Waals surface area (Å²) in [6.07, 6.45) is 0. The molecular weight excluding hydrogens is 270 g/mol. The second kappa shape index (κ2) is 6.19. The number of halogens is 1. The number of aryl methyl sites for hydroxylation is 1. The maximum Gasteiger partial charge on any atom is 0.319 e. The van der Waals surface area contributed by atoms with Crippen LogP contribution in [0.25, 0.3) is 0 Å². The minimum absolute atomic E-state index is 0.210. The van der Waals surface area contributed by atoms with Crippen molar-refractivity contribution in [3.63, 3.8) is 0 Å². The largest absolute Gasteiger partial charge is 0.351 e. The Morgan fingerprint density at radius 1 is 1.32 bits per heavy atom. The molecule has 4 N–H and O–H groups in total. The minimum atomic E-state index is -0.939. The van der Waals surface area contributed by atoms with Gasteiger partial charge < -0.3 is 11.1 Å². The van der Waals surface area contributed by atoms with Crippen molar-refractivity contribution in [2.24, 2.45) is 5.73 Å². The first-order valence-corrected chi connectivity index (χ1v) is 5.91. The lowest BCUT2D eigenvalue weighted by molar-refractivity contribution is -0.115. The lowest BCUT2D eigenvalue weighted by Crippen LogP contribution is -2.35. The van der Waals surface area contributed by atoms with Gasteiger partial charge in [0.15, 0.2) is 0 Å². The van der Waals surface area contributed by atoms with Crippen LogP contribution in [0.4, 0.5) is 10.5 Å². The lowest BCUT2D eigenvalue weighted by Gasteiger charge is -2.11. The van der Waals surface area contributed by atoms with Gasteiger partial charge in [-0.15, -0.1) is 11.6 Å². The molecule has 4 amide bonds. The summed E-state index contributed by atoms with van der Waals surface area (Å²) >= 11 is 5.65. The van der Waals surface area contributed by atoms with Crippen molar-refractivity contribution in [1.29, 1.82) is 0 Å². The second-order valence-electron chi connectivity index (χ2n) is 3.95. The number of imide groups is 1.